The molecule has 0 N–H and O–H groups in total. The second-order valence-electron chi connectivity index (χ2n) is 7.29. The van der Waals surface area contributed by atoms with Crippen LogP contribution in [-0.4, -0.2) is 60.4 Å². The number of piperazine rings is 1. The fourth-order valence-corrected chi connectivity index (χ4v) is 4.21. The number of rotatable bonds is 4. The highest BCUT2D eigenvalue weighted by atomic mass is 35.5. The van der Waals surface area contributed by atoms with Crippen molar-refractivity contribution in [3.05, 3.63) is 29.3 Å². The molecule has 0 bridgehead atoms. The molecule has 0 unspecified atom stereocenters. The Morgan fingerprint density at radius 1 is 1.12 bits per heavy atom. The lowest BCUT2D eigenvalue weighted by Gasteiger charge is -2.38. The average molecular weight is 378 g/mol. The van der Waals surface area contributed by atoms with Crippen LogP contribution in [0.5, 0.6) is 0 Å². The van der Waals surface area contributed by atoms with E-state index in [1.807, 2.05) is 29.2 Å². The van der Waals surface area contributed by atoms with E-state index in [-0.39, 0.29) is 24.4 Å². The average Bonchev–Trinajstić information content (AvgIpc) is 2.66. The van der Waals surface area contributed by atoms with Crippen LogP contribution in [0.15, 0.2) is 24.3 Å². The second kappa shape index (κ2) is 8.76. The van der Waals surface area contributed by atoms with Crippen molar-refractivity contribution in [2.45, 2.75) is 45.1 Å². The summed E-state index contributed by atoms with van der Waals surface area (Å²) in [5.41, 5.74) is 1.09. The molecule has 1 heterocycles. The van der Waals surface area contributed by atoms with Gasteiger partial charge in [-0.2, -0.15) is 0 Å². The number of hydrogen-bond acceptors (Lipinski definition) is 3. The van der Waals surface area contributed by atoms with Gasteiger partial charge in [0.1, 0.15) is 0 Å². The summed E-state index contributed by atoms with van der Waals surface area (Å²) < 4.78 is 0. The van der Waals surface area contributed by atoms with E-state index < -0.39 is 0 Å². The molecule has 2 aliphatic rings. The summed E-state index contributed by atoms with van der Waals surface area (Å²) in [5, 5.41) is 0.727. The predicted octanol–water partition coefficient (Wildman–Crippen LogP) is 3.17. The van der Waals surface area contributed by atoms with Crippen molar-refractivity contribution >= 4 is 29.1 Å². The molecule has 6 heteroatoms. The maximum atomic E-state index is 12.7. The Hall–Kier alpha value is -1.75. The summed E-state index contributed by atoms with van der Waals surface area (Å²) >= 11 is 6.08. The number of amides is 2. The molecule has 1 saturated heterocycles. The molecule has 1 aliphatic heterocycles. The molecule has 0 spiro atoms. The van der Waals surface area contributed by atoms with E-state index in [1.165, 1.54) is 6.42 Å². The fraction of sp³-hybridized carbons (Fsp3) is 0.600. The molecule has 0 radical (unpaired) electrons. The summed E-state index contributed by atoms with van der Waals surface area (Å²) in [5.74, 6) is 0.0827. The van der Waals surface area contributed by atoms with Crippen LogP contribution in [0, 0.1) is 0 Å². The van der Waals surface area contributed by atoms with Crippen LogP contribution in [-0.2, 0) is 9.59 Å². The molecule has 3 rings (SSSR count). The van der Waals surface area contributed by atoms with Crippen LogP contribution in [0.1, 0.15) is 39.0 Å². The van der Waals surface area contributed by atoms with Crippen molar-refractivity contribution < 1.29 is 9.59 Å². The molecule has 1 aliphatic carbocycles. The van der Waals surface area contributed by atoms with Crippen LogP contribution in [0.25, 0.3) is 0 Å². The minimum absolute atomic E-state index is 0.0165. The monoisotopic (exact) mass is 377 g/mol. The van der Waals surface area contributed by atoms with Crippen LogP contribution < -0.4 is 4.90 Å². The molecule has 142 valence electrons. The van der Waals surface area contributed by atoms with Crippen molar-refractivity contribution in [2.75, 3.05) is 37.6 Å². The van der Waals surface area contributed by atoms with Crippen molar-refractivity contribution in [1.29, 1.82) is 0 Å². The third-order valence-electron chi connectivity index (χ3n) is 5.53. The van der Waals surface area contributed by atoms with Gasteiger partial charge in [0.25, 0.3) is 0 Å². The zero-order valence-electron chi connectivity index (χ0n) is 15.5. The second-order valence-corrected chi connectivity index (χ2v) is 7.72. The number of nitrogens with zero attached hydrogens (tertiary/aromatic N) is 3. The van der Waals surface area contributed by atoms with Crippen LogP contribution in [0.2, 0.25) is 5.02 Å². The van der Waals surface area contributed by atoms with Crippen molar-refractivity contribution in [3.63, 3.8) is 0 Å². The highest BCUT2D eigenvalue weighted by Crippen LogP contribution is 2.23. The van der Waals surface area contributed by atoms with Gasteiger partial charge in [-0.15, -0.1) is 0 Å². The first-order valence-corrected chi connectivity index (χ1v) is 9.98. The molecule has 5 nitrogen and oxygen atoms in total. The van der Waals surface area contributed by atoms with Gasteiger partial charge in [-0.3, -0.25) is 9.59 Å². The molecule has 0 aromatic heterocycles. The van der Waals surface area contributed by atoms with Gasteiger partial charge in [0.15, 0.2) is 0 Å². The minimum Gasteiger partial charge on any atom is -0.368 e. The molecule has 2 amide bonds. The number of carbonyl (C=O) groups is 2. The summed E-state index contributed by atoms with van der Waals surface area (Å²) in [6.45, 7) is 4.74. The van der Waals surface area contributed by atoms with E-state index in [9.17, 15) is 9.59 Å². The smallest absolute Gasteiger partial charge is 0.242 e. The van der Waals surface area contributed by atoms with Gasteiger partial charge in [-0.1, -0.05) is 36.9 Å². The van der Waals surface area contributed by atoms with Gasteiger partial charge in [-0.25, -0.2) is 0 Å². The first-order valence-electron chi connectivity index (χ1n) is 9.60. The van der Waals surface area contributed by atoms with Crippen LogP contribution in [0.4, 0.5) is 5.69 Å². The Kier molecular flexibility index (Phi) is 6.41. The molecule has 2 fully saturated rings. The third-order valence-corrected chi connectivity index (χ3v) is 5.77. The molecule has 26 heavy (non-hydrogen) atoms. The largest absolute Gasteiger partial charge is 0.368 e. The van der Waals surface area contributed by atoms with Gasteiger partial charge in [0.05, 0.1) is 6.54 Å². The molecule has 1 aromatic carbocycles. The maximum absolute atomic E-state index is 12.7. The van der Waals surface area contributed by atoms with E-state index in [2.05, 4.69) is 4.90 Å². The predicted molar refractivity (Wildman–Crippen MR) is 105 cm³/mol. The minimum atomic E-state index is 0.0165. The zero-order chi connectivity index (χ0) is 18.5. The van der Waals surface area contributed by atoms with E-state index in [4.69, 9.17) is 11.6 Å². The number of halogens is 1. The summed E-state index contributed by atoms with van der Waals surface area (Å²) in [4.78, 5) is 30.7. The number of hydrogen-bond donors (Lipinski definition) is 0. The van der Waals surface area contributed by atoms with E-state index in [0.717, 1.165) is 49.5 Å². The molecule has 0 atom stereocenters. The number of benzene rings is 1. The van der Waals surface area contributed by atoms with Gasteiger partial charge in [0.2, 0.25) is 11.8 Å². The quantitative estimate of drug-likeness (QED) is 0.809. The topological polar surface area (TPSA) is 43.9 Å². The summed E-state index contributed by atoms with van der Waals surface area (Å²) in [6.07, 6.45) is 5.59. The Morgan fingerprint density at radius 3 is 2.42 bits per heavy atom. The van der Waals surface area contributed by atoms with Crippen molar-refractivity contribution in [2.24, 2.45) is 0 Å². The Labute approximate surface area is 160 Å². The highest BCUT2D eigenvalue weighted by Gasteiger charge is 2.28. The fourth-order valence-electron chi connectivity index (χ4n) is 4.02. The molecular weight excluding hydrogens is 350 g/mol. The van der Waals surface area contributed by atoms with E-state index in [1.54, 1.807) is 11.8 Å². The lowest BCUT2D eigenvalue weighted by Crippen LogP contribution is -2.53. The standard InChI is InChI=1S/C20H28ClN3O2/c1-16(25)24(18-7-3-2-4-8-18)15-20(26)23-12-10-22(11-13-23)19-9-5-6-17(21)14-19/h5-6,9,14,18H,2-4,7-8,10-13,15H2,1H3. The van der Waals surface area contributed by atoms with Crippen LogP contribution in [0.3, 0.4) is 0 Å². The Balaban J connectivity index is 1.54. The normalized spacial score (nSPS) is 18.7. The molecule has 1 saturated carbocycles. The summed E-state index contributed by atoms with van der Waals surface area (Å²) in [7, 11) is 0. The van der Waals surface area contributed by atoms with Crippen LogP contribution >= 0.6 is 11.6 Å². The van der Waals surface area contributed by atoms with Gasteiger partial charge >= 0.3 is 0 Å². The summed E-state index contributed by atoms with van der Waals surface area (Å²) in [6, 6.07) is 8.05. The third kappa shape index (κ3) is 4.70. The molecule has 1 aromatic rings. The highest BCUT2D eigenvalue weighted by molar-refractivity contribution is 6.30. The zero-order valence-corrected chi connectivity index (χ0v) is 16.2. The first-order chi connectivity index (χ1) is 12.5. The van der Waals surface area contributed by atoms with Crippen molar-refractivity contribution in [3.8, 4) is 0 Å². The SMILES string of the molecule is CC(=O)N(CC(=O)N1CCN(c2cccc(Cl)c2)CC1)C1CCCCC1. The first kappa shape index (κ1) is 19.0. The van der Waals surface area contributed by atoms with E-state index in [0.29, 0.717) is 13.1 Å². The Bertz CT molecular complexity index is 638. The molecular formula is C20H28ClN3O2. The van der Waals surface area contributed by atoms with E-state index >= 15 is 0 Å². The number of anilines is 1. The van der Waals surface area contributed by atoms with Crippen molar-refractivity contribution in [1.82, 2.24) is 9.80 Å². The van der Waals surface area contributed by atoms with Gasteiger partial charge in [-0.05, 0) is 31.0 Å². The lowest BCUT2D eigenvalue weighted by molar-refractivity contribution is -0.142. The Morgan fingerprint density at radius 2 is 1.81 bits per heavy atom. The maximum Gasteiger partial charge on any atom is 0.242 e. The van der Waals surface area contributed by atoms with Gasteiger partial charge < -0.3 is 14.7 Å². The lowest BCUT2D eigenvalue weighted by atomic mass is 9.94. The van der Waals surface area contributed by atoms with Gasteiger partial charge in [0, 0.05) is 49.9 Å². The number of carbonyl (C=O) groups excluding carboxylic acids is 2.